The highest BCUT2D eigenvalue weighted by atomic mass is 35.5. The lowest BCUT2D eigenvalue weighted by Crippen LogP contribution is -2.25. The second-order valence-electron chi connectivity index (χ2n) is 3.85. The van der Waals surface area contributed by atoms with Gasteiger partial charge in [0.25, 0.3) is 5.17 Å². The molecule has 0 aliphatic carbocycles. The Balaban J connectivity index is 3.07. The number of hydrogen-bond donors (Lipinski definition) is 0. The minimum atomic E-state index is -0.482. The van der Waals surface area contributed by atoms with E-state index < -0.39 is 5.97 Å². The topological polar surface area (TPSA) is 38.8 Å². The van der Waals surface area contributed by atoms with Gasteiger partial charge in [0.05, 0.1) is 17.7 Å². The van der Waals surface area contributed by atoms with Gasteiger partial charge in [-0.05, 0) is 30.8 Å². The van der Waals surface area contributed by atoms with Gasteiger partial charge in [0.2, 0.25) is 0 Å². The fourth-order valence-electron chi connectivity index (χ4n) is 1.22. The second kappa shape index (κ2) is 6.02. The Morgan fingerprint density at radius 2 is 2.00 bits per heavy atom. The van der Waals surface area contributed by atoms with Gasteiger partial charge in [-0.1, -0.05) is 11.6 Å². The molecule has 0 bridgehead atoms. The van der Waals surface area contributed by atoms with E-state index in [1.807, 2.05) is 0 Å². The molecule has 0 heterocycles. The molecule has 0 saturated heterocycles. The third kappa shape index (κ3) is 3.34. The van der Waals surface area contributed by atoms with E-state index in [9.17, 15) is 4.79 Å². The summed E-state index contributed by atoms with van der Waals surface area (Å²) in [6, 6.07) is 3.17. The van der Waals surface area contributed by atoms with Gasteiger partial charge in [-0.2, -0.15) is 0 Å². The first-order chi connectivity index (χ1) is 8.36. The largest absolute Gasteiger partial charge is 0.465 e. The fourth-order valence-corrected chi connectivity index (χ4v) is 1.55. The summed E-state index contributed by atoms with van der Waals surface area (Å²) in [7, 11) is 4.86. The zero-order valence-electron chi connectivity index (χ0n) is 10.6. The summed E-state index contributed by atoms with van der Waals surface area (Å²) in [6.07, 6.45) is 0. The van der Waals surface area contributed by atoms with Crippen molar-refractivity contribution in [1.29, 1.82) is 0 Å². The summed E-state index contributed by atoms with van der Waals surface area (Å²) in [5.41, 5.74) is 1.06. The van der Waals surface area contributed by atoms with Crippen molar-refractivity contribution in [3.63, 3.8) is 0 Å². The summed E-state index contributed by atoms with van der Waals surface area (Å²) in [4.78, 5) is 13.1. The SMILES string of the molecule is COC(=O)c1cc(C)c(OC(=S)N(C)C)cc1Cl. The molecule has 0 aromatic heterocycles. The highest BCUT2D eigenvalue weighted by molar-refractivity contribution is 7.80. The van der Waals surface area contributed by atoms with Gasteiger partial charge >= 0.3 is 5.97 Å². The van der Waals surface area contributed by atoms with Crippen LogP contribution < -0.4 is 4.74 Å². The van der Waals surface area contributed by atoms with Crippen LogP contribution in [-0.2, 0) is 4.74 Å². The third-order valence-electron chi connectivity index (χ3n) is 2.23. The van der Waals surface area contributed by atoms with Crippen molar-refractivity contribution in [1.82, 2.24) is 4.90 Å². The number of rotatable bonds is 2. The van der Waals surface area contributed by atoms with Gasteiger partial charge in [0, 0.05) is 20.2 Å². The van der Waals surface area contributed by atoms with Crippen molar-refractivity contribution in [2.45, 2.75) is 6.92 Å². The molecule has 1 rings (SSSR count). The molecular weight excluding hydrogens is 274 g/mol. The molecular formula is C12H14ClNO3S. The summed E-state index contributed by atoms with van der Waals surface area (Å²) in [6.45, 7) is 1.80. The first-order valence-electron chi connectivity index (χ1n) is 5.14. The molecule has 0 aliphatic rings. The molecule has 4 nitrogen and oxygen atoms in total. The quantitative estimate of drug-likeness (QED) is 0.618. The Morgan fingerprint density at radius 3 is 2.50 bits per heavy atom. The number of aryl methyl sites for hydroxylation is 1. The van der Waals surface area contributed by atoms with Gasteiger partial charge in [-0.3, -0.25) is 0 Å². The molecule has 98 valence electrons. The van der Waals surface area contributed by atoms with E-state index in [2.05, 4.69) is 4.74 Å². The van der Waals surface area contributed by atoms with Crippen LogP contribution in [0.1, 0.15) is 15.9 Å². The van der Waals surface area contributed by atoms with Crippen molar-refractivity contribution in [2.24, 2.45) is 0 Å². The van der Waals surface area contributed by atoms with Crippen LogP contribution in [0.3, 0.4) is 0 Å². The van der Waals surface area contributed by atoms with Gasteiger partial charge in [0.15, 0.2) is 0 Å². The smallest absolute Gasteiger partial charge is 0.339 e. The summed E-state index contributed by atoms with van der Waals surface area (Å²) in [5, 5.41) is 0.587. The number of methoxy groups -OCH3 is 1. The highest BCUT2D eigenvalue weighted by Crippen LogP contribution is 2.27. The molecule has 0 aliphatic heterocycles. The molecule has 0 N–H and O–H groups in total. The highest BCUT2D eigenvalue weighted by Gasteiger charge is 2.15. The molecule has 0 fully saturated rings. The minimum Gasteiger partial charge on any atom is -0.465 e. The molecule has 1 aromatic rings. The van der Waals surface area contributed by atoms with Crippen LogP contribution in [0.4, 0.5) is 0 Å². The lowest BCUT2D eigenvalue weighted by Gasteiger charge is -2.16. The number of halogens is 1. The predicted molar refractivity (Wildman–Crippen MR) is 74.4 cm³/mol. The first-order valence-corrected chi connectivity index (χ1v) is 5.93. The van der Waals surface area contributed by atoms with Crippen molar-refractivity contribution >= 4 is 35.0 Å². The zero-order chi connectivity index (χ0) is 13.9. The Labute approximate surface area is 116 Å². The zero-order valence-corrected chi connectivity index (χ0v) is 12.2. The Morgan fingerprint density at radius 1 is 1.39 bits per heavy atom. The van der Waals surface area contributed by atoms with Crippen LogP contribution in [0.2, 0.25) is 5.02 Å². The Kier molecular flexibility index (Phi) is 4.93. The molecule has 0 saturated carbocycles. The number of nitrogens with zero attached hydrogens (tertiary/aromatic N) is 1. The van der Waals surface area contributed by atoms with E-state index in [0.29, 0.717) is 16.5 Å². The van der Waals surface area contributed by atoms with Crippen LogP contribution >= 0.6 is 23.8 Å². The summed E-state index contributed by atoms with van der Waals surface area (Å²) in [5.74, 6) is 0.0381. The number of hydrogen-bond acceptors (Lipinski definition) is 4. The number of carbonyl (C=O) groups excluding carboxylic acids is 1. The number of carbonyl (C=O) groups is 1. The van der Waals surface area contributed by atoms with E-state index in [1.165, 1.54) is 7.11 Å². The Hall–Kier alpha value is -1.33. The van der Waals surface area contributed by atoms with Gasteiger partial charge in [-0.15, -0.1) is 0 Å². The second-order valence-corrected chi connectivity index (χ2v) is 4.61. The van der Waals surface area contributed by atoms with Crippen molar-refractivity contribution < 1.29 is 14.3 Å². The van der Waals surface area contributed by atoms with Crippen LogP contribution in [0.25, 0.3) is 0 Å². The lowest BCUT2D eigenvalue weighted by molar-refractivity contribution is 0.0601. The maximum Gasteiger partial charge on any atom is 0.339 e. The predicted octanol–water partition coefficient (Wildman–Crippen LogP) is 2.66. The molecule has 0 radical (unpaired) electrons. The molecule has 0 spiro atoms. The van der Waals surface area contributed by atoms with Crippen LogP contribution in [0.5, 0.6) is 5.75 Å². The first kappa shape index (κ1) is 14.7. The average molecular weight is 288 g/mol. The van der Waals surface area contributed by atoms with E-state index in [0.717, 1.165) is 5.56 Å². The molecule has 0 unspecified atom stereocenters. The standard InChI is InChI=1S/C12H14ClNO3S/c1-7-5-8(11(15)16-4)9(13)6-10(7)17-12(18)14(2)3/h5-6H,1-4H3. The number of benzene rings is 1. The maximum atomic E-state index is 11.4. The lowest BCUT2D eigenvalue weighted by atomic mass is 10.1. The van der Waals surface area contributed by atoms with Crippen LogP contribution in [0, 0.1) is 6.92 Å². The third-order valence-corrected chi connectivity index (χ3v) is 2.99. The molecule has 0 amide bonds. The monoisotopic (exact) mass is 287 g/mol. The van der Waals surface area contributed by atoms with Gasteiger partial charge in [0.1, 0.15) is 5.75 Å². The average Bonchev–Trinajstić information content (AvgIpc) is 2.32. The van der Waals surface area contributed by atoms with Gasteiger partial charge in [-0.25, -0.2) is 4.79 Å². The fraction of sp³-hybridized carbons (Fsp3) is 0.333. The number of ether oxygens (including phenoxy) is 2. The number of esters is 1. The minimum absolute atomic E-state index is 0.268. The summed E-state index contributed by atoms with van der Waals surface area (Å²) < 4.78 is 10.1. The van der Waals surface area contributed by atoms with Crippen molar-refractivity contribution in [3.8, 4) is 5.75 Å². The van der Waals surface area contributed by atoms with E-state index in [1.54, 1.807) is 38.1 Å². The molecule has 1 aromatic carbocycles. The summed E-state index contributed by atoms with van der Waals surface area (Å²) >= 11 is 11.0. The number of thiocarbonyl (C=S) groups is 1. The van der Waals surface area contributed by atoms with Crippen LogP contribution in [0.15, 0.2) is 12.1 Å². The van der Waals surface area contributed by atoms with Gasteiger partial charge < -0.3 is 14.4 Å². The van der Waals surface area contributed by atoms with E-state index in [-0.39, 0.29) is 5.02 Å². The Bertz CT molecular complexity index is 488. The van der Waals surface area contributed by atoms with Crippen LogP contribution in [-0.4, -0.2) is 37.2 Å². The molecule has 0 atom stereocenters. The molecule has 6 heteroatoms. The maximum absolute atomic E-state index is 11.4. The van der Waals surface area contributed by atoms with E-state index >= 15 is 0 Å². The van der Waals surface area contributed by atoms with Crippen molar-refractivity contribution in [2.75, 3.05) is 21.2 Å². The van der Waals surface area contributed by atoms with E-state index in [4.69, 9.17) is 28.6 Å². The normalized spacial score (nSPS) is 9.83. The van der Waals surface area contributed by atoms with Crippen molar-refractivity contribution in [3.05, 3.63) is 28.3 Å². The molecule has 18 heavy (non-hydrogen) atoms.